The standard InChI is InChI=1S/C10H21NO3/c1-11(8-5-9-14-2)7-4-3-6-10(12)13/h3-9H2,1-2H3,(H,12,13). The van der Waals surface area contributed by atoms with E-state index in [-0.39, 0.29) is 6.42 Å². The quantitative estimate of drug-likeness (QED) is 0.572. The fraction of sp³-hybridized carbons (Fsp3) is 0.900. The Morgan fingerprint density at radius 3 is 2.50 bits per heavy atom. The molecule has 0 aromatic rings. The molecular weight excluding hydrogens is 182 g/mol. The van der Waals surface area contributed by atoms with E-state index in [1.807, 2.05) is 0 Å². The number of unbranched alkanes of at least 4 members (excludes halogenated alkanes) is 1. The molecule has 0 aromatic carbocycles. The van der Waals surface area contributed by atoms with E-state index in [1.54, 1.807) is 7.11 Å². The van der Waals surface area contributed by atoms with Crippen LogP contribution in [0.4, 0.5) is 0 Å². The van der Waals surface area contributed by atoms with Crippen molar-refractivity contribution in [2.24, 2.45) is 0 Å². The Labute approximate surface area is 85.9 Å². The summed E-state index contributed by atoms with van der Waals surface area (Å²) in [4.78, 5) is 12.4. The molecular formula is C10H21NO3. The van der Waals surface area contributed by atoms with Crippen molar-refractivity contribution in [3.05, 3.63) is 0 Å². The number of carbonyl (C=O) groups is 1. The first kappa shape index (κ1) is 13.4. The number of carboxylic acid groups (broad SMARTS) is 1. The Morgan fingerprint density at radius 1 is 1.29 bits per heavy atom. The topological polar surface area (TPSA) is 49.8 Å². The highest BCUT2D eigenvalue weighted by Gasteiger charge is 2.00. The molecule has 0 atom stereocenters. The molecule has 0 unspecified atom stereocenters. The number of carboxylic acids is 1. The third-order valence-corrected chi connectivity index (χ3v) is 2.07. The minimum Gasteiger partial charge on any atom is -0.481 e. The van der Waals surface area contributed by atoms with E-state index in [4.69, 9.17) is 9.84 Å². The number of hydrogen-bond donors (Lipinski definition) is 1. The van der Waals surface area contributed by atoms with Crippen molar-refractivity contribution < 1.29 is 14.6 Å². The van der Waals surface area contributed by atoms with Crippen molar-refractivity contribution in [3.8, 4) is 0 Å². The first-order valence-corrected chi connectivity index (χ1v) is 5.06. The average Bonchev–Trinajstić information content (AvgIpc) is 2.13. The van der Waals surface area contributed by atoms with E-state index >= 15 is 0 Å². The summed E-state index contributed by atoms with van der Waals surface area (Å²) < 4.78 is 4.94. The first-order chi connectivity index (χ1) is 6.66. The van der Waals surface area contributed by atoms with Crippen molar-refractivity contribution in [2.45, 2.75) is 25.7 Å². The molecule has 0 saturated carbocycles. The van der Waals surface area contributed by atoms with Crippen LogP contribution in [0.15, 0.2) is 0 Å². The van der Waals surface area contributed by atoms with Crippen LogP contribution in [0.5, 0.6) is 0 Å². The van der Waals surface area contributed by atoms with Gasteiger partial charge in [-0.1, -0.05) is 0 Å². The number of ether oxygens (including phenoxy) is 1. The molecule has 0 aliphatic carbocycles. The Morgan fingerprint density at radius 2 is 1.93 bits per heavy atom. The highest BCUT2D eigenvalue weighted by molar-refractivity contribution is 5.66. The summed E-state index contributed by atoms with van der Waals surface area (Å²) in [5, 5.41) is 8.42. The van der Waals surface area contributed by atoms with Crippen LogP contribution < -0.4 is 0 Å². The fourth-order valence-electron chi connectivity index (χ4n) is 1.25. The summed E-state index contributed by atoms with van der Waals surface area (Å²) in [7, 11) is 3.75. The molecule has 0 fully saturated rings. The largest absolute Gasteiger partial charge is 0.481 e. The van der Waals surface area contributed by atoms with Crippen LogP contribution in [0, 0.1) is 0 Å². The molecule has 0 saturated heterocycles. The SMILES string of the molecule is COCCCN(C)CCCCC(=O)O. The highest BCUT2D eigenvalue weighted by Crippen LogP contribution is 1.98. The molecule has 14 heavy (non-hydrogen) atoms. The molecule has 0 bridgehead atoms. The molecule has 0 radical (unpaired) electrons. The lowest BCUT2D eigenvalue weighted by atomic mass is 10.2. The lowest BCUT2D eigenvalue weighted by Gasteiger charge is -2.15. The van der Waals surface area contributed by atoms with Gasteiger partial charge in [0.25, 0.3) is 0 Å². The summed E-state index contributed by atoms with van der Waals surface area (Å²) in [5.41, 5.74) is 0. The van der Waals surface area contributed by atoms with Crippen LogP contribution in [0.2, 0.25) is 0 Å². The van der Waals surface area contributed by atoms with Gasteiger partial charge in [-0.15, -0.1) is 0 Å². The zero-order valence-corrected chi connectivity index (χ0v) is 9.16. The van der Waals surface area contributed by atoms with Gasteiger partial charge in [-0.25, -0.2) is 0 Å². The monoisotopic (exact) mass is 203 g/mol. The van der Waals surface area contributed by atoms with Crippen molar-refractivity contribution >= 4 is 5.97 Å². The molecule has 0 amide bonds. The van der Waals surface area contributed by atoms with Crippen LogP contribution in [0.3, 0.4) is 0 Å². The van der Waals surface area contributed by atoms with Crippen LogP contribution in [0.1, 0.15) is 25.7 Å². The summed E-state index contributed by atoms with van der Waals surface area (Å²) in [6.07, 6.45) is 3.04. The zero-order valence-electron chi connectivity index (χ0n) is 9.16. The van der Waals surface area contributed by atoms with Crippen LogP contribution in [0.25, 0.3) is 0 Å². The van der Waals surface area contributed by atoms with Crippen molar-refractivity contribution in [1.82, 2.24) is 4.90 Å². The van der Waals surface area contributed by atoms with Crippen molar-refractivity contribution in [1.29, 1.82) is 0 Å². The normalized spacial score (nSPS) is 10.8. The van der Waals surface area contributed by atoms with E-state index in [1.165, 1.54) is 0 Å². The lowest BCUT2D eigenvalue weighted by molar-refractivity contribution is -0.137. The minimum atomic E-state index is -0.702. The van der Waals surface area contributed by atoms with Crippen LogP contribution in [-0.2, 0) is 9.53 Å². The van der Waals surface area contributed by atoms with Crippen molar-refractivity contribution in [3.63, 3.8) is 0 Å². The van der Waals surface area contributed by atoms with Gasteiger partial charge < -0.3 is 14.7 Å². The molecule has 0 aliphatic rings. The lowest BCUT2D eigenvalue weighted by Crippen LogP contribution is -2.22. The molecule has 0 spiro atoms. The van der Waals surface area contributed by atoms with Gasteiger partial charge in [0.1, 0.15) is 0 Å². The maximum atomic E-state index is 10.2. The number of methoxy groups -OCH3 is 1. The van der Waals surface area contributed by atoms with Gasteiger partial charge >= 0.3 is 5.97 Å². The van der Waals surface area contributed by atoms with Gasteiger partial charge in [0.05, 0.1) is 0 Å². The first-order valence-electron chi connectivity index (χ1n) is 5.06. The second-order valence-corrected chi connectivity index (χ2v) is 3.50. The zero-order chi connectivity index (χ0) is 10.8. The Hall–Kier alpha value is -0.610. The second-order valence-electron chi connectivity index (χ2n) is 3.50. The molecule has 0 aromatic heterocycles. The predicted molar refractivity (Wildman–Crippen MR) is 55.5 cm³/mol. The number of nitrogens with zero attached hydrogens (tertiary/aromatic N) is 1. The van der Waals surface area contributed by atoms with Gasteiger partial charge in [0.2, 0.25) is 0 Å². The Bertz CT molecular complexity index is 150. The third kappa shape index (κ3) is 9.48. The summed E-state index contributed by atoms with van der Waals surface area (Å²) in [6.45, 7) is 2.78. The Kier molecular flexibility index (Phi) is 8.57. The molecule has 0 rings (SSSR count). The van der Waals surface area contributed by atoms with Gasteiger partial charge in [0, 0.05) is 26.7 Å². The van der Waals surface area contributed by atoms with E-state index in [0.717, 1.165) is 39.0 Å². The molecule has 0 aliphatic heterocycles. The fourth-order valence-corrected chi connectivity index (χ4v) is 1.25. The molecule has 4 heteroatoms. The predicted octanol–water partition coefficient (Wildman–Crippen LogP) is 1.21. The number of hydrogen-bond acceptors (Lipinski definition) is 3. The van der Waals surface area contributed by atoms with E-state index in [2.05, 4.69) is 11.9 Å². The molecule has 84 valence electrons. The third-order valence-electron chi connectivity index (χ3n) is 2.07. The molecule has 0 heterocycles. The van der Waals surface area contributed by atoms with Gasteiger partial charge in [-0.2, -0.15) is 0 Å². The number of rotatable bonds is 9. The minimum absolute atomic E-state index is 0.284. The maximum absolute atomic E-state index is 10.2. The second kappa shape index (κ2) is 8.97. The summed E-state index contributed by atoms with van der Waals surface area (Å²) in [5.74, 6) is -0.702. The molecule has 4 nitrogen and oxygen atoms in total. The summed E-state index contributed by atoms with van der Waals surface area (Å²) >= 11 is 0. The Balaban J connectivity index is 3.18. The smallest absolute Gasteiger partial charge is 0.303 e. The highest BCUT2D eigenvalue weighted by atomic mass is 16.5. The van der Waals surface area contributed by atoms with Crippen LogP contribution in [-0.4, -0.2) is 49.8 Å². The number of aliphatic carboxylic acids is 1. The van der Waals surface area contributed by atoms with Gasteiger partial charge in [-0.3, -0.25) is 4.79 Å². The summed E-state index contributed by atoms with van der Waals surface area (Å²) in [6, 6.07) is 0. The van der Waals surface area contributed by atoms with E-state index in [9.17, 15) is 4.79 Å². The van der Waals surface area contributed by atoms with Crippen LogP contribution >= 0.6 is 0 Å². The maximum Gasteiger partial charge on any atom is 0.303 e. The van der Waals surface area contributed by atoms with E-state index in [0.29, 0.717) is 0 Å². The average molecular weight is 203 g/mol. The molecule has 1 N–H and O–H groups in total. The van der Waals surface area contributed by atoms with Gasteiger partial charge in [0.15, 0.2) is 0 Å². The van der Waals surface area contributed by atoms with Crippen molar-refractivity contribution in [2.75, 3.05) is 33.9 Å². The van der Waals surface area contributed by atoms with E-state index < -0.39 is 5.97 Å². The van der Waals surface area contributed by atoms with Gasteiger partial charge in [-0.05, 0) is 32.9 Å².